The Hall–Kier alpha value is -1.84. The molecule has 2 aromatic rings. The van der Waals surface area contributed by atoms with Gasteiger partial charge >= 0.3 is 5.97 Å². The fourth-order valence-electron chi connectivity index (χ4n) is 2.07. The van der Waals surface area contributed by atoms with E-state index in [4.69, 9.17) is 5.11 Å². The van der Waals surface area contributed by atoms with Crippen molar-refractivity contribution in [2.75, 3.05) is 0 Å². The van der Waals surface area contributed by atoms with Crippen LogP contribution in [0.4, 0.5) is 4.39 Å². The standard InChI is InChI=1S/C13H14FNO2/c1-3-15-7-10(8(2)13(16)17)9-5-4-6-11(14)12(9)15/h4-8H,3H2,1-2H3,(H,16,17). The fourth-order valence-corrected chi connectivity index (χ4v) is 2.07. The van der Waals surface area contributed by atoms with Crippen LogP contribution in [0.15, 0.2) is 24.4 Å². The number of carboxylic acid groups (broad SMARTS) is 1. The first kappa shape index (κ1) is 11.6. The van der Waals surface area contributed by atoms with E-state index >= 15 is 0 Å². The monoisotopic (exact) mass is 235 g/mol. The highest BCUT2D eigenvalue weighted by Crippen LogP contribution is 2.29. The summed E-state index contributed by atoms with van der Waals surface area (Å²) in [6.07, 6.45) is 1.73. The minimum Gasteiger partial charge on any atom is -0.481 e. The molecule has 90 valence electrons. The molecule has 0 aliphatic rings. The molecule has 0 fully saturated rings. The van der Waals surface area contributed by atoms with Crippen LogP contribution in [0.25, 0.3) is 10.9 Å². The summed E-state index contributed by atoms with van der Waals surface area (Å²) in [4.78, 5) is 11.0. The zero-order valence-corrected chi connectivity index (χ0v) is 9.77. The number of benzene rings is 1. The third-order valence-electron chi connectivity index (χ3n) is 3.06. The summed E-state index contributed by atoms with van der Waals surface area (Å²) >= 11 is 0. The van der Waals surface area contributed by atoms with Gasteiger partial charge in [0.15, 0.2) is 0 Å². The van der Waals surface area contributed by atoms with E-state index in [1.54, 1.807) is 29.8 Å². The van der Waals surface area contributed by atoms with Crippen molar-refractivity contribution < 1.29 is 14.3 Å². The van der Waals surface area contributed by atoms with E-state index in [9.17, 15) is 9.18 Å². The summed E-state index contributed by atoms with van der Waals surface area (Å²) in [5, 5.41) is 9.73. The molecule has 0 spiro atoms. The van der Waals surface area contributed by atoms with Gasteiger partial charge in [-0.3, -0.25) is 4.79 Å². The molecule has 1 N–H and O–H groups in total. The Bertz CT molecular complexity index is 574. The van der Waals surface area contributed by atoms with Gasteiger partial charge in [0.05, 0.1) is 11.4 Å². The lowest BCUT2D eigenvalue weighted by molar-refractivity contribution is -0.138. The average molecular weight is 235 g/mol. The maximum Gasteiger partial charge on any atom is 0.310 e. The van der Waals surface area contributed by atoms with Crippen molar-refractivity contribution in [2.24, 2.45) is 0 Å². The molecule has 1 unspecified atom stereocenters. The molecule has 0 saturated carbocycles. The van der Waals surface area contributed by atoms with Crippen molar-refractivity contribution in [2.45, 2.75) is 26.3 Å². The van der Waals surface area contributed by atoms with E-state index in [1.165, 1.54) is 6.07 Å². The minimum atomic E-state index is -0.899. The number of hydrogen-bond donors (Lipinski definition) is 1. The molecule has 1 aromatic carbocycles. The quantitative estimate of drug-likeness (QED) is 0.888. The fraction of sp³-hybridized carbons (Fsp3) is 0.308. The third kappa shape index (κ3) is 1.79. The number of aromatic nitrogens is 1. The summed E-state index contributed by atoms with van der Waals surface area (Å²) in [6.45, 7) is 4.13. The summed E-state index contributed by atoms with van der Waals surface area (Å²) in [5.41, 5.74) is 1.15. The van der Waals surface area contributed by atoms with E-state index in [2.05, 4.69) is 0 Å². The molecule has 3 nitrogen and oxygen atoms in total. The normalized spacial score (nSPS) is 12.9. The molecule has 0 aliphatic heterocycles. The SMILES string of the molecule is CCn1cc(C(C)C(=O)O)c2cccc(F)c21. The van der Waals surface area contributed by atoms with Crippen molar-refractivity contribution in [3.8, 4) is 0 Å². The number of carboxylic acids is 1. The number of nitrogens with zero attached hydrogens (tertiary/aromatic N) is 1. The first-order valence-electron chi connectivity index (χ1n) is 5.56. The lowest BCUT2D eigenvalue weighted by Gasteiger charge is -2.03. The van der Waals surface area contributed by atoms with Gasteiger partial charge in [0.1, 0.15) is 5.82 Å². The largest absolute Gasteiger partial charge is 0.481 e. The van der Waals surface area contributed by atoms with Crippen molar-refractivity contribution >= 4 is 16.9 Å². The summed E-state index contributed by atoms with van der Waals surface area (Å²) < 4.78 is 15.5. The van der Waals surface area contributed by atoms with E-state index in [0.29, 0.717) is 23.0 Å². The third-order valence-corrected chi connectivity index (χ3v) is 3.06. The van der Waals surface area contributed by atoms with Gasteiger partial charge in [-0.25, -0.2) is 4.39 Å². The Labute approximate surface area is 98.5 Å². The van der Waals surface area contributed by atoms with Crippen molar-refractivity contribution in [3.63, 3.8) is 0 Å². The van der Waals surface area contributed by atoms with E-state index < -0.39 is 11.9 Å². The molecule has 1 aromatic heterocycles. The zero-order chi connectivity index (χ0) is 12.6. The molecular formula is C13H14FNO2. The lowest BCUT2D eigenvalue weighted by Crippen LogP contribution is -2.06. The number of halogens is 1. The lowest BCUT2D eigenvalue weighted by atomic mass is 10.0. The predicted molar refractivity (Wildman–Crippen MR) is 63.6 cm³/mol. The molecule has 0 bridgehead atoms. The Morgan fingerprint density at radius 3 is 2.82 bits per heavy atom. The number of para-hydroxylation sites is 1. The molecule has 0 amide bonds. The molecule has 2 rings (SSSR count). The highest BCUT2D eigenvalue weighted by Gasteiger charge is 2.20. The molecule has 1 atom stereocenters. The molecule has 0 radical (unpaired) electrons. The Balaban J connectivity index is 2.74. The number of aryl methyl sites for hydroxylation is 1. The molecule has 1 heterocycles. The second-order valence-electron chi connectivity index (χ2n) is 4.07. The number of hydrogen-bond acceptors (Lipinski definition) is 1. The second-order valence-corrected chi connectivity index (χ2v) is 4.07. The average Bonchev–Trinajstić information content (AvgIpc) is 2.68. The smallest absolute Gasteiger partial charge is 0.310 e. The first-order chi connectivity index (χ1) is 8.06. The molecule has 17 heavy (non-hydrogen) atoms. The van der Waals surface area contributed by atoms with Crippen LogP contribution in [0.5, 0.6) is 0 Å². The van der Waals surface area contributed by atoms with E-state index in [1.807, 2.05) is 6.92 Å². The minimum absolute atomic E-state index is 0.312. The van der Waals surface area contributed by atoms with Crippen LogP contribution in [-0.4, -0.2) is 15.6 Å². The van der Waals surface area contributed by atoms with Crippen LogP contribution in [-0.2, 0) is 11.3 Å². The number of fused-ring (bicyclic) bond motifs is 1. The highest BCUT2D eigenvalue weighted by atomic mass is 19.1. The van der Waals surface area contributed by atoms with Gasteiger partial charge < -0.3 is 9.67 Å². The predicted octanol–water partition coefficient (Wildman–Crippen LogP) is 2.99. The molecule has 4 heteroatoms. The van der Waals surface area contributed by atoms with Gasteiger partial charge in [0, 0.05) is 18.1 Å². The Morgan fingerprint density at radius 1 is 1.53 bits per heavy atom. The van der Waals surface area contributed by atoms with Gasteiger partial charge in [-0.15, -0.1) is 0 Å². The van der Waals surface area contributed by atoms with Crippen LogP contribution in [0.2, 0.25) is 0 Å². The highest BCUT2D eigenvalue weighted by molar-refractivity contribution is 5.90. The van der Waals surface area contributed by atoms with Crippen molar-refractivity contribution in [1.82, 2.24) is 4.57 Å². The van der Waals surface area contributed by atoms with Crippen LogP contribution < -0.4 is 0 Å². The van der Waals surface area contributed by atoms with Gasteiger partial charge in [0.2, 0.25) is 0 Å². The summed E-state index contributed by atoms with van der Waals surface area (Å²) in [7, 11) is 0. The van der Waals surface area contributed by atoms with Gasteiger partial charge in [-0.1, -0.05) is 12.1 Å². The van der Waals surface area contributed by atoms with Gasteiger partial charge in [-0.05, 0) is 25.5 Å². The van der Waals surface area contributed by atoms with E-state index in [0.717, 1.165) is 0 Å². The second kappa shape index (κ2) is 4.20. The van der Waals surface area contributed by atoms with E-state index in [-0.39, 0.29) is 5.82 Å². The summed E-state index contributed by atoms with van der Waals surface area (Å²) in [6, 6.07) is 4.76. The maximum atomic E-state index is 13.7. The Morgan fingerprint density at radius 2 is 2.24 bits per heavy atom. The molecule has 0 saturated heterocycles. The van der Waals surface area contributed by atoms with Gasteiger partial charge in [-0.2, -0.15) is 0 Å². The topological polar surface area (TPSA) is 42.2 Å². The number of aliphatic carboxylic acids is 1. The summed E-state index contributed by atoms with van der Waals surface area (Å²) in [5.74, 6) is -1.84. The molecule has 0 aliphatic carbocycles. The zero-order valence-electron chi connectivity index (χ0n) is 9.77. The van der Waals surface area contributed by atoms with Crippen LogP contribution >= 0.6 is 0 Å². The van der Waals surface area contributed by atoms with Crippen molar-refractivity contribution in [1.29, 1.82) is 0 Å². The first-order valence-corrected chi connectivity index (χ1v) is 5.56. The number of rotatable bonds is 3. The van der Waals surface area contributed by atoms with Crippen LogP contribution in [0, 0.1) is 5.82 Å². The van der Waals surface area contributed by atoms with Crippen LogP contribution in [0.1, 0.15) is 25.3 Å². The Kier molecular flexibility index (Phi) is 2.88. The maximum absolute atomic E-state index is 13.7. The molecular weight excluding hydrogens is 221 g/mol. The van der Waals surface area contributed by atoms with Crippen LogP contribution in [0.3, 0.4) is 0 Å². The van der Waals surface area contributed by atoms with Gasteiger partial charge in [0.25, 0.3) is 0 Å². The van der Waals surface area contributed by atoms with Crippen molar-refractivity contribution in [3.05, 3.63) is 35.8 Å². The number of carbonyl (C=O) groups is 1.